The number of primary amides is 1. The lowest BCUT2D eigenvalue weighted by Crippen LogP contribution is -2.13. The number of benzene rings is 3. The van der Waals surface area contributed by atoms with Crippen LogP contribution in [0.4, 0.5) is 5.69 Å². The number of hydrogen-bond donors (Lipinski definition) is 3. The Bertz CT molecular complexity index is 1500. The molecule has 0 saturated carbocycles. The monoisotopic (exact) mass is 472 g/mol. The highest BCUT2D eigenvalue weighted by atomic mass is 32.2. The Hall–Kier alpha value is -4.34. The zero-order valence-electron chi connectivity index (χ0n) is 17.8. The maximum Gasteiger partial charge on any atom is 0.255 e. The van der Waals surface area contributed by atoms with Gasteiger partial charge in [0.2, 0.25) is 15.9 Å². The Labute approximate surface area is 196 Å². The molecule has 2 amide bonds. The smallest absolute Gasteiger partial charge is 0.255 e. The van der Waals surface area contributed by atoms with E-state index >= 15 is 0 Å². The molecular formula is C25H20N4O4S. The molecule has 0 fully saturated rings. The van der Waals surface area contributed by atoms with E-state index in [4.69, 9.17) is 10.9 Å². The maximum absolute atomic E-state index is 12.8. The van der Waals surface area contributed by atoms with Crippen molar-refractivity contribution in [1.82, 2.24) is 4.98 Å². The number of amides is 2. The molecule has 3 aromatic carbocycles. The Morgan fingerprint density at radius 1 is 0.794 bits per heavy atom. The van der Waals surface area contributed by atoms with E-state index in [1.807, 2.05) is 0 Å². The van der Waals surface area contributed by atoms with E-state index < -0.39 is 15.9 Å². The molecule has 0 aliphatic carbocycles. The average Bonchev–Trinajstić information content (AvgIpc) is 2.84. The number of rotatable bonds is 6. The van der Waals surface area contributed by atoms with Gasteiger partial charge in [-0.25, -0.2) is 13.6 Å². The first-order valence-electron chi connectivity index (χ1n) is 10.1. The third kappa shape index (κ3) is 5.01. The second-order valence-corrected chi connectivity index (χ2v) is 8.98. The quantitative estimate of drug-likeness (QED) is 0.394. The summed E-state index contributed by atoms with van der Waals surface area (Å²) in [5.41, 5.74) is 8.87. The predicted molar refractivity (Wildman–Crippen MR) is 129 cm³/mol. The molecule has 1 heterocycles. The van der Waals surface area contributed by atoms with E-state index in [2.05, 4.69) is 10.3 Å². The summed E-state index contributed by atoms with van der Waals surface area (Å²) in [6.45, 7) is 0. The molecular weight excluding hydrogens is 452 g/mol. The minimum atomic E-state index is -3.88. The molecule has 4 rings (SSSR count). The van der Waals surface area contributed by atoms with Crippen molar-refractivity contribution in [2.45, 2.75) is 4.90 Å². The summed E-state index contributed by atoms with van der Waals surface area (Å²) in [5, 5.41) is 8.13. The molecule has 8 nitrogen and oxygen atoms in total. The van der Waals surface area contributed by atoms with Crippen LogP contribution in [0.3, 0.4) is 0 Å². The first-order valence-corrected chi connectivity index (χ1v) is 11.7. The number of nitrogens with one attached hydrogen (secondary N) is 1. The molecule has 9 heteroatoms. The Kier molecular flexibility index (Phi) is 6.22. The van der Waals surface area contributed by atoms with Crippen molar-refractivity contribution in [3.05, 3.63) is 102 Å². The lowest BCUT2D eigenvalue weighted by molar-refractivity contribution is 0.0997. The van der Waals surface area contributed by atoms with Crippen molar-refractivity contribution in [3.8, 4) is 22.4 Å². The van der Waals surface area contributed by atoms with E-state index in [0.717, 1.165) is 0 Å². The molecule has 0 spiro atoms. The molecule has 0 radical (unpaired) electrons. The largest absolute Gasteiger partial charge is 0.366 e. The van der Waals surface area contributed by atoms with Crippen molar-refractivity contribution in [1.29, 1.82) is 0 Å². The van der Waals surface area contributed by atoms with Crippen LogP contribution in [0.15, 0.2) is 96.0 Å². The fraction of sp³-hybridized carbons (Fsp3) is 0. The highest BCUT2D eigenvalue weighted by Gasteiger charge is 2.15. The van der Waals surface area contributed by atoms with Gasteiger partial charge in [-0.1, -0.05) is 42.5 Å². The van der Waals surface area contributed by atoms with Gasteiger partial charge in [0.1, 0.15) is 0 Å². The third-order valence-electron chi connectivity index (χ3n) is 5.11. The molecule has 0 bridgehead atoms. The van der Waals surface area contributed by atoms with Crippen LogP contribution in [0.2, 0.25) is 0 Å². The minimum Gasteiger partial charge on any atom is -0.366 e. The summed E-state index contributed by atoms with van der Waals surface area (Å²) in [6.07, 6.45) is 1.51. The number of nitrogens with two attached hydrogens (primary N) is 2. The number of nitrogens with zero attached hydrogens (tertiary/aromatic N) is 1. The van der Waals surface area contributed by atoms with E-state index in [1.165, 1.54) is 12.3 Å². The molecule has 0 aliphatic heterocycles. The van der Waals surface area contributed by atoms with Crippen LogP contribution < -0.4 is 16.2 Å². The molecule has 0 saturated heterocycles. The second kappa shape index (κ2) is 9.26. The van der Waals surface area contributed by atoms with E-state index in [-0.39, 0.29) is 10.8 Å². The number of carbonyl (C=O) groups is 2. The van der Waals surface area contributed by atoms with Gasteiger partial charge in [-0.05, 0) is 48.0 Å². The molecule has 0 atom stereocenters. The average molecular weight is 473 g/mol. The van der Waals surface area contributed by atoms with Gasteiger partial charge in [-0.2, -0.15) is 0 Å². The second-order valence-electron chi connectivity index (χ2n) is 7.45. The van der Waals surface area contributed by atoms with E-state index in [9.17, 15) is 18.0 Å². The van der Waals surface area contributed by atoms with Crippen LogP contribution in [0, 0.1) is 0 Å². The van der Waals surface area contributed by atoms with Crippen LogP contribution in [0.1, 0.15) is 20.7 Å². The zero-order valence-corrected chi connectivity index (χ0v) is 18.6. The van der Waals surface area contributed by atoms with Crippen LogP contribution in [0.5, 0.6) is 0 Å². The zero-order chi connectivity index (χ0) is 24.3. The molecule has 0 unspecified atom stereocenters. The van der Waals surface area contributed by atoms with Crippen LogP contribution in [-0.4, -0.2) is 25.2 Å². The number of hydrogen-bond acceptors (Lipinski definition) is 5. The highest BCUT2D eigenvalue weighted by molar-refractivity contribution is 7.89. The van der Waals surface area contributed by atoms with E-state index in [1.54, 1.807) is 78.9 Å². The Balaban J connectivity index is 1.55. The molecule has 34 heavy (non-hydrogen) atoms. The van der Waals surface area contributed by atoms with Crippen molar-refractivity contribution < 1.29 is 18.0 Å². The van der Waals surface area contributed by atoms with Crippen molar-refractivity contribution >= 4 is 27.5 Å². The van der Waals surface area contributed by atoms with Crippen LogP contribution in [0.25, 0.3) is 22.4 Å². The summed E-state index contributed by atoms with van der Waals surface area (Å²) >= 11 is 0. The molecule has 4 aromatic rings. The molecule has 5 N–H and O–H groups in total. The maximum atomic E-state index is 12.8. The number of primary sulfonamides is 1. The van der Waals surface area contributed by atoms with Crippen LogP contribution >= 0.6 is 0 Å². The van der Waals surface area contributed by atoms with Crippen molar-refractivity contribution in [2.24, 2.45) is 10.9 Å². The molecule has 170 valence electrons. The Morgan fingerprint density at radius 3 is 2.24 bits per heavy atom. The van der Waals surface area contributed by atoms with Gasteiger partial charge in [0.15, 0.2) is 0 Å². The first-order chi connectivity index (χ1) is 16.2. The number of aromatic nitrogens is 1. The van der Waals surface area contributed by atoms with Gasteiger partial charge in [0.05, 0.1) is 10.6 Å². The normalized spacial score (nSPS) is 11.1. The van der Waals surface area contributed by atoms with Gasteiger partial charge >= 0.3 is 0 Å². The standard InChI is InChI=1S/C25H20N4O4S/c26-24(30)18-5-3-4-17(14-18)22-15-19(12-13-28-22)25(31)29-20-10-8-16(9-11-20)21-6-1-2-7-23(21)34(27,32)33/h1-15H,(H2,26,30)(H,29,31)(H2,27,32,33). The third-order valence-corrected chi connectivity index (χ3v) is 6.08. The van der Waals surface area contributed by atoms with Crippen molar-refractivity contribution in [2.75, 3.05) is 5.32 Å². The topological polar surface area (TPSA) is 145 Å². The van der Waals surface area contributed by atoms with E-state index in [0.29, 0.717) is 39.2 Å². The minimum absolute atomic E-state index is 0.0245. The predicted octanol–water partition coefficient (Wildman–Crippen LogP) is 3.41. The molecule has 0 aliphatic rings. The fourth-order valence-electron chi connectivity index (χ4n) is 3.45. The summed E-state index contributed by atoms with van der Waals surface area (Å²) in [5.74, 6) is -0.904. The molecule has 1 aromatic heterocycles. The fourth-order valence-corrected chi connectivity index (χ4v) is 4.21. The van der Waals surface area contributed by atoms with Gasteiger partial charge in [0, 0.05) is 34.1 Å². The van der Waals surface area contributed by atoms with Crippen LogP contribution in [-0.2, 0) is 10.0 Å². The lowest BCUT2D eigenvalue weighted by atomic mass is 10.0. The lowest BCUT2D eigenvalue weighted by Gasteiger charge is -2.10. The summed E-state index contributed by atoms with van der Waals surface area (Å²) in [6, 6.07) is 23.1. The van der Waals surface area contributed by atoms with Crippen molar-refractivity contribution in [3.63, 3.8) is 0 Å². The van der Waals surface area contributed by atoms with Gasteiger partial charge in [-0.15, -0.1) is 0 Å². The summed E-state index contributed by atoms with van der Waals surface area (Å²) in [7, 11) is -3.88. The number of anilines is 1. The summed E-state index contributed by atoms with van der Waals surface area (Å²) in [4.78, 5) is 28.6. The SMILES string of the molecule is NC(=O)c1cccc(-c2cc(C(=O)Nc3ccc(-c4ccccc4S(N)(=O)=O)cc3)ccn2)c1. The first kappa shape index (κ1) is 22.8. The summed E-state index contributed by atoms with van der Waals surface area (Å²) < 4.78 is 23.7. The van der Waals surface area contributed by atoms with Gasteiger partial charge in [-0.3, -0.25) is 14.6 Å². The Morgan fingerprint density at radius 2 is 1.53 bits per heavy atom. The number of carbonyl (C=O) groups excluding carboxylic acids is 2. The number of pyridine rings is 1. The number of sulfonamides is 1. The van der Waals surface area contributed by atoms with Gasteiger partial charge in [0.25, 0.3) is 5.91 Å². The highest BCUT2D eigenvalue weighted by Crippen LogP contribution is 2.28. The van der Waals surface area contributed by atoms with Gasteiger partial charge < -0.3 is 11.1 Å².